The SMILES string of the molecule is CC1CCC(NC(=O)[C@@H]2CCCN(C(=O)C3CC3)C2)CC1. The van der Waals surface area contributed by atoms with Gasteiger partial charge in [0.2, 0.25) is 11.8 Å². The molecule has 3 fully saturated rings. The van der Waals surface area contributed by atoms with Gasteiger partial charge in [-0.1, -0.05) is 6.92 Å². The van der Waals surface area contributed by atoms with E-state index in [9.17, 15) is 9.59 Å². The Hall–Kier alpha value is -1.06. The van der Waals surface area contributed by atoms with Crippen LogP contribution in [0.3, 0.4) is 0 Å². The maximum absolute atomic E-state index is 12.5. The van der Waals surface area contributed by atoms with Gasteiger partial charge in [0, 0.05) is 25.0 Å². The summed E-state index contributed by atoms with van der Waals surface area (Å²) in [6.45, 7) is 3.78. The van der Waals surface area contributed by atoms with Gasteiger partial charge in [-0.15, -0.1) is 0 Å². The Bertz CT molecular complexity index is 398. The van der Waals surface area contributed by atoms with Gasteiger partial charge in [-0.05, 0) is 57.3 Å². The number of nitrogens with one attached hydrogen (secondary N) is 1. The number of carbonyl (C=O) groups excluding carboxylic acids is 2. The summed E-state index contributed by atoms with van der Waals surface area (Å²) in [6, 6.07) is 0.364. The molecule has 3 aliphatic rings. The van der Waals surface area contributed by atoms with Crippen LogP contribution in [0.2, 0.25) is 0 Å². The summed E-state index contributed by atoms with van der Waals surface area (Å²) < 4.78 is 0. The second-order valence-electron chi connectivity index (χ2n) is 7.36. The van der Waals surface area contributed by atoms with Crippen LogP contribution in [0.1, 0.15) is 58.3 Å². The molecule has 2 saturated carbocycles. The van der Waals surface area contributed by atoms with E-state index in [4.69, 9.17) is 0 Å². The van der Waals surface area contributed by atoms with Crippen molar-refractivity contribution in [2.24, 2.45) is 17.8 Å². The summed E-state index contributed by atoms with van der Waals surface area (Å²) in [6.07, 6.45) is 8.68. The van der Waals surface area contributed by atoms with E-state index in [-0.39, 0.29) is 17.7 Å². The average Bonchev–Trinajstić information content (AvgIpc) is 3.34. The van der Waals surface area contributed by atoms with Gasteiger partial charge in [0.1, 0.15) is 0 Å². The Morgan fingerprint density at radius 1 is 0.952 bits per heavy atom. The maximum atomic E-state index is 12.5. The first-order chi connectivity index (χ1) is 10.1. The second-order valence-corrected chi connectivity index (χ2v) is 7.36. The van der Waals surface area contributed by atoms with Crippen molar-refractivity contribution in [1.82, 2.24) is 10.2 Å². The Morgan fingerprint density at radius 3 is 2.33 bits per heavy atom. The zero-order chi connectivity index (χ0) is 14.8. The molecule has 4 nitrogen and oxygen atoms in total. The van der Waals surface area contributed by atoms with Gasteiger partial charge in [0.25, 0.3) is 0 Å². The fraction of sp³-hybridized carbons (Fsp3) is 0.882. The van der Waals surface area contributed by atoms with Crippen LogP contribution in [0.25, 0.3) is 0 Å². The van der Waals surface area contributed by atoms with E-state index in [0.717, 1.165) is 51.0 Å². The van der Waals surface area contributed by atoms with Gasteiger partial charge in [-0.25, -0.2) is 0 Å². The van der Waals surface area contributed by atoms with Gasteiger partial charge in [0.15, 0.2) is 0 Å². The zero-order valence-corrected chi connectivity index (χ0v) is 13.1. The van der Waals surface area contributed by atoms with E-state index in [1.807, 2.05) is 4.90 Å². The third kappa shape index (κ3) is 3.78. The quantitative estimate of drug-likeness (QED) is 0.868. The molecule has 1 aliphatic heterocycles. The molecule has 4 heteroatoms. The van der Waals surface area contributed by atoms with E-state index >= 15 is 0 Å². The van der Waals surface area contributed by atoms with E-state index in [0.29, 0.717) is 18.5 Å². The van der Waals surface area contributed by atoms with Crippen molar-refractivity contribution in [2.75, 3.05) is 13.1 Å². The lowest BCUT2D eigenvalue weighted by Gasteiger charge is -2.34. The molecule has 0 aromatic rings. The van der Waals surface area contributed by atoms with Gasteiger partial charge in [0.05, 0.1) is 5.92 Å². The van der Waals surface area contributed by atoms with Crippen molar-refractivity contribution >= 4 is 11.8 Å². The number of likely N-dealkylation sites (tertiary alicyclic amines) is 1. The lowest BCUT2D eigenvalue weighted by Crippen LogP contribution is -2.48. The van der Waals surface area contributed by atoms with Gasteiger partial charge < -0.3 is 10.2 Å². The summed E-state index contributed by atoms with van der Waals surface area (Å²) in [5, 5.41) is 3.24. The number of piperidine rings is 1. The molecular formula is C17H28N2O2. The minimum atomic E-state index is 0.0146. The van der Waals surface area contributed by atoms with Crippen molar-refractivity contribution in [3.63, 3.8) is 0 Å². The predicted octanol–water partition coefficient (Wildman–Crippen LogP) is 2.33. The smallest absolute Gasteiger partial charge is 0.225 e. The van der Waals surface area contributed by atoms with Crippen LogP contribution in [-0.2, 0) is 9.59 Å². The van der Waals surface area contributed by atoms with Crippen molar-refractivity contribution in [2.45, 2.75) is 64.3 Å². The molecule has 0 aromatic carbocycles. The standard InChI is InChI=1S/C17H28N2O2/c1-12-4-8-15(9-5-12)18-16(20)14-3-2-10-19(11-14)17(21)13-6-7-13/h12-15H,2-11H2,1H3,(H,18,20)/t12?,14-,15?/m1/s1. The number of hydrogen-bond donors (Lipinski definition) is 1. The van der Waals surface area contributed by atoms with Gasteiger partial charge in [-0.2, -0.15) is 0 Å². The fourth-order valence-corrected chi connectivity index (χ4v) is 3.70. The first-order valence-corrected chi connectivity index (χ1v) is 8.72. The third-order valence-electron chi connectivity index (χ3n) is 5.39. The number of hydrogen-bond acceptors (Lipinski definition) is 2. The summed E-state index contributed by atoms with van der Waals surface area (Å²) >= 11 is 0. The second kappa shape index (κ2) is 6.37. The molecule has 1 saturated heterocycles. The molecule has 118 valence electrons. The van der Waals surface area contributed by atoms with Gasteiger partial charge in [-0.3, -0.25) is 9.59 Å². The van der Waals surface area contributed by atoms with Crippen molar-refractivity contribution < 1.29 is 9.59 Å². The summed E-state index contributed by atoms with van der Waals surface area (Å²) in [7, 11) is 0. The van der Waals surface area contributed by atoms with E-state index < -0.39 is 0 Å². The highest BCUT2D eigenvalue weighted by Crippen LogP contribution is 2.32. The topological polar surface area (TPSA) is 49.4 Å². The number of nitrogens with zero attached hydrogens (tertiary/aromatic N) is 1. The molecular weight excluding hydrogens is 264 g/mol. The first kappa shape index (κ1) is 14.9. The normalized spacial score (nSPS) is 33.6. The Morgan fingerprint density at radius 2 is 1.67 bits per heavy atom. The van der Waals surface area contributed by atoms with E-state index in [2.05, 4.69) is 12.2 Å². The molecule has 3 rings (SSSR count). The average molecular weight is 292 g/mol. The Labute approximate surface area is 127 Å². The summed E-state index contributed by atoms with van der Waals surface area (Å²) in [4.78, 5) is 26.5. The Balaban J connectivity index is 1.48. The number of rotatable bonds is 3. The zero-order valence-electron chi connectivity index (χ0n) is 13.1. The number of carbonyl (C=O) groups is 2. The van der Waals surface area contributed by atoms with Crippen LogP contribution < -0.4 is 5.32 Å². The van der Waals surface area contributed by atoms with Gasteiger partial charge >= 0.3 is 0 Å². The van der Waals surface area contributed by atoms with Crippen molar-refractivity contribution in [3.05, 3.63) is 0 Å². The van der Waals surface area contributed by atoms with Crippen LogP contribution in [0.5, 0.6) is 0 Å². The first-order valence-electron chi connectivity index (χ1n) is 8.72. The lowest BCUT2D eigenvalue weighted by molar-refractivity contribution is -0.137. The van der Waals surface area contributed by atoms with Crippen LogP contribution >= 0.6 is 0 Å². The van der Waals surface area contributed by atoms with Crippen molar-refractivity contribution in [1.29, 1.82) is 0 Å². The molecule has 1 heterocycles. The molecule has 0 bridgehead atoms. The minimum Gasteiger partial charge on any atom is -0.353 e. The molecule has 21 heavy (non-hydrogen) atoms. The molecule has 2 aliphatic carbocycles. The highest BCUT2D eigenvalue weighted by molar-refractivity contribution is 5.83. The fourth-order valence-electron chi connectivity index (χ4n) is 3.70. The van der Waals surface area contributed by atoms with Crippen LogP contribution in [0.15, 0.2) is 0 Å². The molecule has 0 unspecified atom stereocenters. The van der Waals surface area contributed by atoms with Crippen molar-refractivity contribution in [3.8, 4) is 0 Å². The van der Waals surface area contributed by atoms with E-state index in [1.54, 1.807) is 0 Å². The molecule has 0 radical (unpaired) electrons. The summed E-state index contributed by atoms with van der Waals surface area (Å²) in [5.41, 5.74) is 0. The highest BCUT2D eigenvalue weighted by Gasteiger charge is 2.37. The molecule has 0 spiro atoms. The highest BCUT2D eigenvalue weighted by atomic mass is 16.2. The molecule has 0 aromatic heterocycles. The largest absolute Gasteiger partial charge is 0.353 e. The van der Waals surface area contributed by atoms with E-state index in [1.165, 1.54) is 12.8 Å². The lowest BCUT2D eigenvalue weighted by atomic mass is 9.87. The summed E-state index contributed by atoms with van der Waals surface area (Å²) in [5.74, 6) is 1.56. The monoisotopic (exact) mass is 292 g/mol. The van der Waals surface area contributed by atoms with Crippen LogP contribution in [0.4, 0.5) is 0 Å². The molecule has 2 amide bonds. The maximum Gasteiger partial charge on any atom is 0.225 e. The molecule has 1 atom stereocenters. The Kier molecular flexibility index (Phi) is 4.51. The van der Waals surface area contributed by atoms with Crippen LogP contribution in [0, 0.1) is 17.8 Å². The third-order valence-corrected chi connectivity index (χ3v) is 5.39. The minimum absolute atomic E-state index is 0.0146. The number of amides is 2. The predicted molar refractivity (Wildman–Crippen MR) is 81.6 cm³/mol. The molecule has 1 N–H and O–H groups in total. The van der Waals surface area contributed by atoms with Crippen LogP contribution in [-0.4, -0.2) is 35.8 Å².